The number of carbonyl (C=O) groups is 1. The van der Waals surface area contributed by atoms with E-state index in [0.717, 1.165) is 23.3 Å². The van der Waals surface area contributed by atoms with Crippen molar-refractivity contribution in [3.05, 3.63) is 59.7 Å². The number of carbonyl (C=O) groups excluding carboxylic acids is 1. The number of benzene rings is 2. The lowest BCUT2D eigenvalue weighted by Gasteiger charge is -2.27. The number of ether oxygens (including phenoxy) is 1. The number of aliphatic hydroxyl groups is 1. The third kappa shape index (κ3) is 5.02. The molecular formula is C20H21F3N2O3. The minimum atomic E-state index is -4.76. The molecule has 0 bridgehead atoms. The van der Waals surface area contributed by atoms with Crippen molar-refractivity contribution >= 4 is 11.6 Å². The van der Waals surface area contributed by atoms with Gasteiger partial charge in [0.05, 0.1) is 12.1 Å². The van der Waals surface area contributed by atoms with Gasteiger partial charge in [-0.2, -0.15) is 0 Å². The van der Waals surface area contributed by atoms with Crippen LogP contribution in [0.3, 0.4) is 0 Å². The summed E-state index contributed by atoms with van der Waals surface area (Å²) in [5.41, 5.74) is 2.22. The molecule has 1 heterocycles. The number of aliphatic hydroxyl groups excluding tert-OH is 1. The predicted molar refractivity (Wildman–Crippen MR) is 97.6 cm³/mol. The van der Waals surface area contributed by atoms with E-state index in [4.69, 9.17) is 0 Å². The molecule has 1 amide bonds. The number of rotatable bonds is 4. The highest BCUT2D eigenvalue weighted by atomic mass is 19.4. The summed E-state index contributed by atoms with van der Waals surface area (Å²) in [7, 11) is 0. The van der Waals surface area contributed by atoms with Gasteiger partial charge >= 0.3 is 6.36 Å². The zero-order valence-corrected chi connectivity index (χ0v) is 15.2. The summed E-state index contributed by atoms with van der Waals surface area (Å²) in [6.45, 7) is 2.83. The number of halogens is 3. The van der Waals surface area contributed by atoms with Gasteiger partial charge < -0.3 is 15.2 Å². The summed E-state index contributed by atoms with van der Waals surface area (Å²) in [6.07, 6.45) is -4.82. The number of anilines is 1. The van der Waals surface area contributed by atoms with Gasteiger partial charge in [-0.1, -0.05) is 24.3 Å². The fourth-order valence-corrected chi connectivity index (χ4v) is 3.23. The third-order valence-corrected chi connectivity index (χ3v) is 4.76. The van der Waals surface area contributed by atoms with Crippen LogP contribution in [0.5, 0.6) is 5.75 Å². The van der Waals surface area contributed by atoms with Gasteiger partial charge in [-0.3, -0.25) is 9.69 Å². The van der Waals surface area contributed by atoms with Gasteiger partial charge in [0.15, 0.2) is 0 Å². The Morgan fingerprint density at radius 3 is 2.57 bits per heavy atom. The first kappa shape index (κ1) is 20.2. The Labute approximate surface area is 160 Å². The van der Waals surface area contributed by atoms with Crippen molar-refractivity contribution in [2.75, 3.05) is 11.9 Å². The van der Waals surface area contributed by atoms with Crippen LogP contribution in [0.1, 0.15) is 30.6 Å². The first-order valence-electron chi connectivity index (χ1n) is 8.89. The minimum Gasteiger partial charge on any atom is -0.406 e. The molecule has 150 valence electrons. The second-order valence-electron chi connectivity index (χ2n) is 6.71. The SMILES string of the molecule is C[C@@H](C(=O)Nc1ccc(OC(F)(F)F)cc1)N1CC[C@H](O)c2ccccc2C1. The van der Waals surface area contributed by atoms with E-state index in [-0.39, 0.29) is 11.7 Å². The van der Waals surface area contributed by atoms with Crippen molar-refractivity contribution in [3.63, 3.8) is 0 Å². The first-order chi connectivity index (χ1) is 13.2. The fraction of sp³-hybridized carbons (Fsp3) is 0.350. The number of amides is 1. The van der Waals surface area contributed by atoms with Crippen molar-refractivity contribution < 1.29 is 27.8 Å². The number of alkyl halides is 3. The maximum absolute atomic E-state index is 12.6. The summed E-state index contributed by atoms with van der Waals surface area (Å²) < 4.78 is 40.5. The van der Waals surface area contributed by atoms with E-state index in [1.807, 2.05) is 29.2 Å². The predicted octanol–water partition coefficient (Wildman–Crippen LogP) is 3.85. The number of fused-ring (bicyclic) bond motifs is 1. The van der Waals surface area contributed by atoms with Crippen LogP contribution in [0.15, 0.2) is 48.5 Å². The Kier molecular flexibility index (Phi) is 5.90. The Balaban J connectivity index is 1.64. The average Bonchev–Trinajstić information content (AvgIpc) is 2.81. The highest BCUT2D eigenvalue weighted by Gasteiger charge is 2.31. The molecule has 28 heavy (non-hydrogen) atoms. The number of hydrogen-bond donors (Lipinski definition) is 2. The third-order valence-electron chi connectivity index (χ3n) is 4.76. The maximum atomic E-state index is 12.6. The molecule has 2 aromatic carbocycles. The second-order valence-corrected chi connectivity index (χ2v) is 6.71. The zero-order valence-electron chi connectivity index (χ0n) is 15.2. The molecule has 1 aliphatic heterocycles. The van der Waals surface area contributed by atoms with Gasteiger partial charge in [-0.25, -0.2) is 0 Å². The van der Waals surface area contributed by atoms with Crippen LogP contribution in [-0.2, 0) is 11.3 Å². The largest absolute Gasteiger partial charge is 0.573 e. The molecule has 2 aromatic rings. The second kappa shape index (κ2) is 8.20. The molecule has 0 aromatic heterocycles. The van der Waals surface area contributed by atoms with Crippen LogP contribution >= 0.6 is 0 Å². The van der Waals surface area contributed by atoms with E-state index in [1.165, 1.54) is 12.1 Å². The molecule has 0 saturated heterocycles. The lowest BCUT2D eigenvalue weighted by atomic mass is 10.0. The first-order valence-corrected chi connectivity index (χ1v) is 8.89. The molecule has 3 rings (SSSR count). The van der Waals surface area contributed by atoms with E-state index in [9.17, 15) is 23.1 Å². The van der Waals surface area contributed by atoms with Crippen molar-refractivity contribution in [2.45, 2.75) is 38.4 Å². The van der Waals surface area contributed by atoms with Gasteiger partial charge in [0.2, 0.25) is 5.91 Å². The summed E-state index contributed by atoms with van der Waals surface area (Å²) >= 11 is 0. The van der Waals surface area contributed by atoms with Crippen LogP contribution in [-0.4, -0.2) is 34.9 Å². The van der Waals surface area contributed by atoms with Crippen LogP contribution in [0.4, 0.5) is 18.9 Å². The molecule has 0 radical (unpaired) electrons. The van der Waals surface area contributed by atoms with Gasteiger partial charge in [-0.15, -0.1) is 13.2 Å². The smallest absolute Gasteiger partial charge is 0.406 e. The van der Waals surface area contributed by atoms with Crippen LogP contribution in [0, 0.1) is 0 Å². The Morgan fingerprint density at radius 1 is 1.21 bits per heavy atom. The molecule has 0 fully saturated rings. The van der Waals surface area contributed by atoms with E-state index in [1.54, 1.807) is 6.92 Å². The fourth-order valence-electron chi connectivity index (χ4n) is 3.23. The quantitative estimate of drug-likeness (QED) is 0.827. The average molecular weight is 394 g/mol. The monoisotopic (exact) mass is 394 g/mol. The number of nitrogens with zero attached hydrogens (tertiary/aromatic N) is 1. The van der Waals surface area contributed by atoms with E-state index in [0.29, 0.717) is 25.2 Å². The molecule has 2 atom stereocenters. The van der Waals surface area contributed by atoms with Gasteiger partial charge in [0.1, 0.15) is 5.75 Å². The Bertz CT molecular complexity index is 824. The molecule has 0 unspecified atom stereocenters. The van der Waals surface area contributed by atoms with Gasteiger partial charge in [-0.05, 0) is 48.7 Å². The van der Waals surface area contributed by atoms with E-state index in [2.05, 4.69) is 10.1 Å². The molecule has 1 aliphatic rings. The number of hydrogen-bond acceptors (Lipinski definition) is 4. The minimum absolute atomic E-state index is 0.279. The molecule has 0 saturated carbocycles. The Morgan fingerprint density at radius 2 is 1.89 bits per heavy atom. The highest BCUT2D eigenvalue weighted by Crippen LogP contribution is 2.28. The summed E-state index contributed by atoms with van der Waals surface area (Å²) in [6, 6.07) is 12.1. The molecule has 5 nitrogen and oxygen atoms in total. The normalized spacial score (nSPS) is 18.7. The van der Waals surface area contributed by atoms with Crippen LogP contribution in [0.25, 0.3) is 0 Å². The Hall–Kier alpha value is -2.58. The van der Waals surface area contributed by atoms with Crippen molar-refractivity contribution in [1.29, 1.82) is 0 Å². The van der Waals surface area contributed by atoms with Crippen LogP contribution < -0.4 is 10.1 Å². The van der Waals surface area contributed by atoms with Crippen LogP contribution in [0.2, 0.25) is 0 Å². The molecule has 0 spiro atoms. The van der Waals surface area contributed by atoms with Gasteiger partial charge in [0.25, 0.3) is 0 Å². The number of nitrogens with one attached hydrogen (secondary N) is 1. The molecular weight excluding hydrogens is 373 g/mol. The molecule has 2 N–H and O–H groups in total. The van der Waals surface area contributed by atoms with Gasteiger partial charge in [0, 0.05) is 18.8 Å². The topological polar surface area (TPSA) is 61.8 Å². The highest BCUT2D eigenvalue weighted by molar-refractivity contribution is 5.94. The maximum Gasteiger partial charge on any atom is 0.573 e. The zero-order chi connectivity index (χ0) is 20.3. The molecule has 8 heteroatoms. The lowest BCUT2D eigenvalue weighted by molar-refractivity contribution is -0.274. The summed E-state index contributed by atoms with van der Waals surface area (Å²) in [5.74, 6) is -0.630. The summed E-state index contributed by atoms with van der Waals surface area (Å²) in [4.78, 5) is 14.6. The summed E-state index contributed by atoms with van der Waals surface area (Å²) in [5, 5.41) is 13.0. The van der Waals surface area contributed by atoms with Crippen molar-refractivity contribution in [1.82, 2.24) is 4.90 Å². The standard InChI is InChI=1S/C20H21F3N2O3/c1-13(25-11-10-18(26)17-5-3-2-4-14(17)12-25)19(27)24-15-6-8-16(9-7-15)28-20(21,22)23/h2-9,13,18,26H,10-12H2,1H3,(H,24,27)/t13-,18-/m0/s1. The van der Waals surface area contributed by atoms with Crippen molar-refractivity contribution in [3.8, 4) is 5.75 Å². The lowest BCUT2D eigenvalue weighted by Crippen LogP contribution is -2.41. The van der Waals surface area contributed by atoms with E-state index < -0.39 is 18.5 Å². The van der Waals surface area contributed by atoms with Crippen molar-refractivity contribution in [2.24, 2.45) is 0 Å². The van der Waals surface area contributed by atoms with E-state index >= 15 is 0 Å². The molecule has 0 aliphatic carbocycles.